The van der Waals surface area contributed by atoms with Gasteiger partial charge in [0.15, 0.2) is 12.0 Å². The number of rotatable bonds is 14. The normalized spacial score (nSPS) is 13.4. The van der Waals surface area contributed by atoms with Crippen LogP contribution in [-0.4, -0.2) is 37.0 Å². The van der Waals surface area contributed by atoms with Gasteiger partial charge in [-0.15, -0.1) is 0 Å². The molecule has 0 bridgehead atoms. The summed E-state index contributed by atoms with van der Waals surface area (Å²) in [6, 6.07) is 37.0. The van der Waals surface area contributed by atoms with Gasteiger partial charge in [0.25, 0.3) is 0 Å². The molecule has 7 heteroatoms. The molecule has 4 rings (SSSR count). The predicted molar refractivity (Wildman–Crippen MR) is 163 cm³/mol. The Kier molecular flexibility index (Phi) is 10.9. The van der Waals surface area contributed by atoms with Crippen LogP contribution in [0.2, 0.25) is 0 Å². The number of halogens is 1. The molecule has 0 heterocycles. The summed E-state index contributed by atoms with van der Waals surface area (Å²) in [5.41, 5.74) is 2.35. The smallest absolute Gasteiger partial charge is 0.312 e. The molecule has 0 aliphatic carbocycles. The van der Waals surface area contributed by atoms with Gasteiger partial charge in [-0.25, -0.2) is 4.39 Å². The first-order chi connectivity index (χ1) is 20.9. The van der Waals surface area contributed by atoms with Crippen molar-refractivity contribution in [3.8, 4) is 0 Å². The topological polar surface area (TPSA) is 81.7 Å². The number of ketones is 1. The zero-order valence-electron chi connectivity index (χ0n) is 24.3. The fraction of sp³-hybridized carbons (Fsp3) is 0.250. The van der Waals surface area contributed by atoms with E-state index < -0.39 is 41.4 Å². The summed E-state index contributed by atoms with van der Waals surface area (Å²) in [6.07, 6.45) is -2.69. The Morgan fingerprint density at radius 1 is 0.744 bits per heavy atom. The number of methoxy groups -OCH3 is 1. The van der Waals surface area contributed by atoms with Gasteiger partial charge in [-0.3, -0.25) is 19.7 Å². The van der Waals surface area contributed by atoms with E-state index in [9.17, 15) is 14.4 Å². The van der Waals surface area contributed by atoms with Crippen LogP contribution < -0.4 is 5.32 Å². The number of carbonyl (C=O) groups is 3. The van der Waals surface area contributed by atoms with Gasteiger partial charge in [0.2, 0.25) is 0 Å². The molecule has 0 saturated heterocycles. The summed E-state index contributed by atoms with van der Waals surface area (Å²) in [4.78, 5) is 38.7. The maximum Gasteiger partial charge on any atom is 0.312 e. The molecule has 1 N–H and O–H groups in total. The highest BCUT2D eigenvalue weighted by Gasteiger charge is 2.42. The molecule has 0 spiro atoms. The van der Waals surface area contributed by atoms with Crippen LogP contribution in [0.5, 0.6) is 0 Å². The Bertz CT molecular complexity index is 1370. The molecule has 3 atom stereocenters. The van der Waals surface area contributed by atoms with Gasteiger partial charge in [0.05, 0.1) is 24.6 Å². The van der Waals surface area contributed by atoms with Crippen LogP contribution >= 0.6 is 0 Å². The van der Waals surface area contributed by atoms with Crippen LogP contribution in [0.3, 0.4) is 0 Å². The lowest BCUT2D eigenvalue weighted by Crippen LogP contribution is -2.54. The van der Waals surface area contributed by atoms with E-state index in [1.165, 1.54) is 0 Å². The molecule has 0 radical (unpaired) electrons. The lowest BCUT2D eigenvalue weighted by Gasteiger charge is -2.39. The Morgan fingerprint density at radius 2 is 1.19 bits per heavy atom. The second-order valence-electron chi connectivity index (χ2n) is 10.3. The van der Waals surface area contributed by atoms with Crippen LogP contribution in [0.15, 0.2) is 121 Å². The van der Waals surface area contributed by atoms with Gasteiger partial charge < -0.3 is 9.47 Å². The molecule has 0 aromatic heterocycles. The second kappa shape index (κ2) is 15.0. The Morgan fingerprint density at radius 3 is 1.63 bits per heavy atom. The van der Waals surface area contributed by atoms with E-state index in [0.29, 0.717) is 0 Å². The van der Waals surface area contributed by atoms with Gasteiger partial charge in [-0.2, -0.15) is 0 Å². The second-order valence-corrected chi connectivity index (χ2v) is 10.3. The quantitative estimate of drug-likeness (QED) is 0.142. The summed E-state index contributed by atoms with van der Waals surface area (Å²) in [6.45, 7) is 1.64. The largest absolute Gasteiger partial charge is 0.469 e. The third-order valence-electron chi connectivity index (χ3n) is 7.51. The van der Waals surface area contributed by atoms with E-state index in [-0.39, 0.29) is 19.4 Å². The van der Waals surface area contributed by atoms with Crippen LogP contribution in [0, 0.1) is 5.92 Å². The lowest BCUT2D eigenvalue weighted by molar-refractivity contribution is -0.153. The minimum atomic E-state index is -2.21. The van der Waals surface area contributed by atoms with E-state index in [0.717, 1.165) is 29.4 Å². The first-order valence-electron chi connectivity index (χ1n) is 14.3. The highest BCUT2D eigenvalue weighted by molar-refractivity contribution is 5.92. The third kappa shape index (κ3) is 7.62. The van der Waals surface area contributed by atoms with E-state index in [4.69, 9.17) is 9.47 Å². The molecule has 0 saturated carbocycles. The minimum absolute atomic E-state index is 0.0576. The van der Waals surface area contributed by atoms with Crippen molar-refractivity contribution in [2.75, 3.05) is 7.11 Å². The molecular formula is C36H36FNO5. The number of carbonyl (C=O) groups excluding carboxylic acids is 3. The van der Waals surface area contributed by atoms with Crippen molar-refractivity contribution in [1.29, 1.82) is 0 Å². The highest BCUT2D eigenvalue weighted by atomic mass is 19.1. The number of esters is 2. The maximum atomic E-state index is 16.0. The Hall–Kier alpha value is -4.62. The van der Waals surface area contributed by atoms with Crippen molar-refractivity contribution < 1.29 is 28.2 Å². The van der Waals surface area contributed by atoms with Crippen molar-refractivity contribution in [3.05, 3.63) is 144 Å². The molecule has 0 amide bonds. The molecule has 4 aromatic carbocycles. The van der Waals surface area contributed by atoms with E-state index in [1.54, 1.807) is 6.92 Å². The van der Waals surface area contributed by atoms with Crippen LogP contribution in [0.25, 0.3) is 0 Å². The SMILES string of the molecule is COC(=O)[C@H](CCC(=O)OCc1ccccc1)[C@H](F)C(=O)[C@H](C)NC(c1ccccc1)(c1ccccc1)c1ccccc1. The highest BCUT2D eigenvalue weighted by Crippen LogP contribution is 2.37. The maximum absolute atomic E-state index is 16.0. The fourth-order valence-electron chi connectivity index (χ4n) is 5.27. The third-order valence-corrected chi connectivity index (χ3v) is 7.51. The number of hydrogen-bond donors (Lipinski definition) is 1. The van der Waals surface area contributed by atoms with Crippen molar-refractivity contribution in [1.82, 2.24) is 5.32 Å². The number of hydrogen-bond acceptors (Lipinski definition) is 6. The van der Waals surface area contributed by atoms with Gasteiger partial charge in [-0.05, 0) is 35.6 Å². The molecule has 0 unspecified atom stereocenters. The van der Waals surface area contributed by atoms with Crippen LogP contribution in [-0.2, 0) is 36.0 Å². The number of Topliss-reactive ketones (excluding diaryl/α,β-unsaturated/α-hetero) is 1. The average molecular weight is 582 g/mol. The molecule has 4 aromatic rings. The van der Waals surface area contributed by atoms with Gasteiger partial charge >= 0.3 is 11.9 Å². The van der Waals surface area contributed by atoms with E-state index in [2.05, 4.69) is 5.32 Å². The van der Waals surface area contributed by atoms with E-state index >= 15 is 4.39 Å². The number of benzene rings is 4. The molecular weight excluding hydrogens is 545 g/mol. The standard InChI is InChI=1S/C36H36FNO5/c1-26(34(40)33(37)31(35(41)42-2)23-24-32(39)43-25-27-15-7-3-8-16-27)38-36(28-17-9-4-10-18-28,29-19-11-5-12-20-29)30-21-13-6-14-22-30/h3-22,26,31,33,38H,23-25H2,1-2H3/t26-,31+,33-/m0/s1. The first kappa shape index (κ1) is 31.3. The number of ether oxygens (including phenoxy) is 2. The first-order valence-corrected chi connectivity index (χ1v) is 14.3. The van der Waals surface area contributed by atoms with Crippen LogP contribution in [0.1, 0.15) is 42.0 Å². The summed E-state index contributed by atoms with van der Waals surface area (Å²) >= 11 is 0. The zero-order valence-corrected chi connectivity index (χ0v) is 24.3. The van der Waals surface area contributed by atoms with Gasteiger partial charge in [0.1, 0.15) is 6.61 Å². The monoisotopic (exact) mass is 581 g/mol. The molecule has 43 heavy (non-hydrogen) atoms. The predicted octanol–water partition coefficient (Wildman–Crippen LogP) is 6.18. The minimum Gasteiger partial charge on any atom is -0.469 e. The fourth-order valence-corrected chi connectivity index (χ4v) is 5.27. The molecule has 0 fully saturated rings. The summed E-state index contributed by atoms with van der Waals surface area (Å²) in [7, 11) is 1.13. The zero-order chi connectivity index (χ0) is 30.7. The van der Waals surface area contributed by atoms with Crippen molar-refractivity contribution >= 4 is 17.7 Å². The summed E-state index contributed by atoms with van der Waals surface area (Å²) in [5, 5.41) is 3.44. The molecule has 0 aliphatic heterocycles. The van der Waals surface area contributed by atoms with E-state index in [1.807, 2.05) is 121 Å². The van der Waals surface area contributed by atoms with Gasteiger partial charge in [0, 0.05) is 6.42 Å². The molecule has 0 aliphatic rings. The van der Waals surface area contributed by atoms with Crippen molar-refractivity contribution in [2.45, 2.75) is 44.1 Å². The lowest BCUT2D eigenvalue weighted by atomic mass is 9.76. The van der Waals surface area contributed by atoms with Crippen molar-refractivity contribution in [3.63, 3.8) is 0 Å². The number of nitrogens with one attached hydrogen (secondary N) is 1. The summed E-state index contributed by atoms with van der Waals surface area (Å²) < 4.78 is 26.1. The summed E-state index contributed by atoms with van der Waals surface area (Å²) in [5.74, 6) is -3.78. The van der Waals surface area contributed by atoms with Gasteiger partial charge in [-0.1, -0.05) is 121 Å². The Balaban J connectivity index is 1.57. The molecule has 222 valence electrons. The Labute approximate surface area is 251 Å². The average Bonchev–Trinajstić information content (AvgIpc) is 3.07. The molecule has 6 nitrogen and oxygen atoms in total. The number of alkyl halides is 1. The van der Waals surface area contributed by atoms with Crippen LogP contribution in [0.4, 0.5) is 4.39 Å². The van der Waals surface area contributed by atoms with Crippen molar-refractivity contribution in [2.24, 2.45) is 5.92 Å².